The number of hydrogen-bond acceptors (Lipinski definition) is 5. The molecule has 1 saturated carbocycles. The zero-order valence-electron chi connectivity index (χ0n) is 5.66. The van der Waals surface area contributed by atoms with Crippen LogP contribution in [0, 0.1) is 0 Å². The highest BCUT2D eigenvalue weighted by Crippen LogP contribution is 2.57. The van der Waals surface area contributed by atoms with Crippen LogP contribution >= 0.6 is 0 Å². The first-order valence-corrected chi connectivity index (χ1v) is 3.56. The number of fused-ring (bicyclic) bond motifs is 1. The zero-order valence-corrected chi connectivity index (χ0v) is 5.66. The Balaban J connectivity index is 1.99. The van der Waals surface area contributed by atoms with Crippen LogP contribution in [0.15, 0.2) is 0 Å². The van der Waals surface area contributed by atoms with Crippen LogP contribution < -0.4 is 0 Å². The van der Waals surface area contributed by atoms with Crippen molar-refractivity contribution >= 4 is 5.78 Å². The van der Waals surface area contributed by atoms with Crippen molar-refractivity contribution in [3.63, 3.8) is 0 Å². The Morgan fingerprint density at radius 3 is 2.36 bits per heavy atom. The van der Waals surface area contributed by atoms with E-state index in [0.29, 0.717) is 12.8 Å². The topological polar surface area (TPSA) is 67.2 Å². The quantitative estimate of drug-likeness (QED) is 0.368. The maximum atomic E-state index is 11.2. The summed E-state index contributed by atoms with van der Waals surface area (Å²) < 4.78 is 0. The van der Waals surface area contributed by atoms with Crippen molar-refractivity contribution in [2.45, 2.75) is 30.8 Å². The van der Waals surface area contributed by atoms with Gasteiger partial charge >= 0.3 is 5.79 Å². The van der Waals surface area contributed by atoms with Gasteiger partial charge in [-0.25, -0.2) is 0 Å². The van der Waals surface area contributed by atoms with Gasteiger partial charge in [0.25, 0.3) is 5.79 Å². The minimum Gasteiger partial charge on any atom is -0.293 e. The number of rotatable bonds is 0. The van der Waals surface area contributed by atoms with E-state index in [9.17, 15) is 4.79 Å². The number of carbonyl (C=O) groups excluding carboxylic acids is 1. The van der Waals surface area contributed by atoms with Crippen LogP contribution in [0.5, 0.6) is 0 Å². The van der Waals surface area contributed by atoms with Crippen molar-refractivity contribution in [2.24, 2.45) is 0 Å². The summed E-state index contributed by atoms with van der Waals surface area (Å²) in [5.41, 5.74) is 0. The summed E-state index contributed by atoms with van der Waals surface area (Å²) in [7, 11) is 0. The normalized spacial score (nSPS) is 36.2. The minimum atomic E-state index is -1.19. The molecule has 60 valence electrons. The fraction of sp³-hybridized carbons (Fsp3) is 0.833. The van der Waals surface area contributed by atoms with Crippen molar-refractivity contribution < 1.29 is 24.3 Å². The molecule has 2 aliphatic heterocycles. The van der Waals surface area contributed by atoms with Crippen LogP contribution in [0.3, 0.4) is 0 Å². The largest absolute Gasteiger partial charge is 0.349 e. The summed E-state index contributed by atoms with van der Waals surface area (Å²) in [5.74, 6) is -2.16. The average Bonchev–Trinajstić information content (AvgIpc) is 2.79. The molecule has 11 heavy (non-hydrogen) atoms. The van der Waals surface area contributed by atoms with E-state index in [1.807, 2.05) is 0 Å². The van der Waals surface area contributed by atoms with E-state index in [1.54, 1.807) is 0 Å². The highest BCUT2D eigenvalue weighted by molar-refractivity contribution is 5.89. The van der Waals surface area contributed by atoms with Gasteiger partial charge in [0, 0.05) is 12.8 Å². The molecular weight excluding hydrogens is 152 g/mol. The summed E-state index contributed by atoms with van der Waals surface area (Å²) in [4.78, 5) is 29.9. The first-order chi connectivity index (χ1) is 5.29. The van der Waals surface area contributed by atoms with E-state index < -0.39 is 11.6 Å². The molecule has 0 bridgehead atoms. The third-order valence-corrected chi connectivity index (χ3v) is 2.31. The lowest BCUT2D eigenvalue weighted by atomic mass is 9.89. The lowest BCUT2D eigenvalue weighted by molar-refractivity contribution is -0.131. The Morgan fingerprint density at radius 1 is 1.18 bits per heavy atom. The molecule has 3 fully saturated rings. The van der Waals surface area contributed by atoms with Gasteiger partial charge in [-0.15, -0.1) is 0 Å². The SMILES string of the molecule is O=C1CCCC2(OO2)C12OO2. The van der Waals surface area contributed by atoms with Crippen LogP contribution in [0.4, 0.5) is 0 Å². The summed E-state index contributed by atoms with van der Waals surface area (Å²) in [6, 6.07) is 0. The van der Waals surface area contributed by atoms with Gasteiger partial charge in [0.05, 0.1) is 0 Å². The lowest BCUT2D eigenvalue weighted by Gasteiger charge is -2.15. The van der Waals surface area contributed by atoms with Crippen LogP contribution in [0.1, 0.15) is 19.3 Å². The van der Waals surface area contributed by atoms with Crippen LogP contribution in [0.2, 0.25) is 0 Å². The molecule has 0 amide bonds. The van der Waals surface area contributed by atoms with Crippen LogP contribution in [-0.2, 0) is 24.3 Å². The Hall–Kier alpha value is -0.490. The Bertz CT molecular complexity index is 227. The van der Waals surface area contributed by atoms with E-state index in [4.69, 9.17) is 9.78 Å². The number of hydrogen-bond donors (Lipinski definition) is 0. The third kappa shape index (κ3) is 0.540. The predicted octanol–water partition coefficient (Wildman–Crippen LogP) is 0.0556. The van der Waals surface area contributed by atoms with E-state index in [-0.39, 0.29) is 5.78 Å². The van der Waals surface area contributed by atoms with Crippen molar-refractivity contribution in [1.29, 1.82) is 0 Å². The van der Waals surface area contributed by atoms with Crippen molar-refractivity contribution in [1.82, 2.24) is 0 Å². The summed E-state index contributed by atoms with van der Waals surface area (Å²) in [6.45, 7) is 0. The molecule has 3 rings (SSSR count). The van der Waals surface area contributed by atoms with Gasteiger partial charge in [0.2, 0.25) is 5.78 Å². The fourth-order valence-corrected chi connectivity index (χ4v) is 1.53. The minimum absolute atomic E-state index is 0.0822. The van der Waals surface area contributed by atoms with Gasteiger partial charge in [-0.3, -0.25) is 4.79 Å². The van der Waals surface area contributed by atoms with Crippen molar-refractivity contribution in [3.05, 3.63) is 0 Å². The molecule has 5 nitrogen and oxygen atoms in total. The molecule has 0 aromatic rings. The molecule has 2 saturated heterocycles. The number of carbonyl (C=O) groups is 1. The molecule has 0 unspecified atom stereocenters. The van der Waals surface area contributed by atoms with Crippen molar-refractivity contribution in [2.75, 3.05) is 0 Å². The monoisotopic (exact) mass is 158 g/mol. The van der Waals surface area contributed by atoms with Gasteiger partial charge in [0.1, 0.15) is 0 Å². The van der Waals surface area contributed by atoms with Gasteiger partial charge < -0.3 is 0 Å². The first kappa shape index (κ1) is 6.07. The molecule has 2 spiro atoms. The van der Waals surface area contributed by atoms with Crippen LogP contribution in [-0.4, -0.2) is 17.4 Å². The molecule has 5 heteroatoms. The van der Waals surface area contributed by atoms with Gasteiger partial charge in [0.15, 0.2) is 0 Å². The second kappa shape index (κ2) is 1.49. The molecule has 2 heterocycles. The highest BCUT2D eigenvalue weighted by Gasteiger charge is 2.82. The molecule has 1 aliphatic carbocycles. The zero-order chi connectivity index (χ0) is 7.53. The molecule has 0 radical (unpaired) electrons. The average molecular weight is 158 g/mol. The maximum Gasteiger partial charge on any atom is 0.349 e. The number of ketones is 1. The second-order valence-corrected chi connectivity index (χ2v) is 2.98. The predicted molar refractivity (Wildman–Crippen MR) is 28.7 cm³/mol. The van der Waals surface area contributed by atoms with Gasteiger partial charge in [-0.2, -0.15) is 19.6 Å². The highest BCUT2D eigenvalue weighted by atomic mass is 17.5. The molecular formula is C6H6O5. The standard InChI is InChI=1S/C6H6O5/c7-4-2-1-3-5(8-9-5)6(4)10-11-6/h1-3H2. The smallest absolute Gasteiger partial charge is 0.293 e. The van der Waals surface area contributed by atoms with Crippen LogP contribution in [0.25, 0.3) is 0 Å². The Kier molecular flexibility index (Phi) is 0.822. The molecule has 3 aliphatic rings. The summed E-state index contributed by atoms with van der Waals surface area (Å²) in [5, 5.41) is 0. The number of Topliss-reactive ketones (excluding diaryl/α,β-unsaturated/α-hetero) is 1. The lowest BCUT2D eigenvalue weighted by Crippen LogP contribution is -2.44. The summed E-state index contributed by atoms with van der Waals surface area (Å²) in [6.07, 6.45) is 1.92. The molecule has 0 N–H and O–H groups in total. The van der Waals surface area contributed by atoms with Crippen molar-refractivity contribution in [3.8, 4) is 0 Å². The maximum absolute atomic E-state index is 11.2. The first-order valence-electron chi connectivity index (χ1n) is 3.56. The van der Waals surface area contributed by atoms with E-state index >= 15 is 0 Å². The Morgan fingerprint density at radius 2 is 1.91 bits per heavy atom. The van der Waals surface area contributed by atoms with Gasteiger partial charge in [-0.1, -0.05) is 0 Å². The van der Waals surface area contributed by atoms with E-state index in [1.165, 1.54) is 0 Å². The Labute approximate surface area is 62.0 Å². The second-order valence-electron chi connectivity index (χ2n) is 2.98. The van der Waals surface area contributed by atoms with E-state index in [0.717, 1.165) is 6.42 Å². The van der Waals surface area contributed by atoms with Gasteiger partial charge in [-0.05, 0) is 6.42 Å². The molecule has 0 atom stereocenters. The summed E-state index contributed by atoms with van der Waals surface area (Å²) >= 11 is 0. The molecule has 0 aromatic carbocycles. The van der Waals surface area contributed by atoms with E-state index in [2.05, 4.69) is 9.78 Å². The molecule has 0 aromatic heterocycles. The fourth-order valence-electron chi connectivity index (χ4n) is 1.53. The third-order valence-electron chi connectivity index (χ3n) is 2.31.